The molecule has 0 aliphatic carbocycles. The number of fused-ring (bicyclic) bond motifs is 1. The van der Waals surface area contributed by atoms with Gasteiger partial charge in [0.05, 0.1) is 40.7 Å². The standard InChI is InChI=1S/C30H38N6O2S/c1-5-34(6-2)21(3)11-12-27(37)22-17-26(32-29(18-22)35-14-7-9-23(35)20-38-4)24-19-31-36-15-13-25(33-30(24)36)28-10-8-16-39-28/h8,10,13,15-19,21,23H,5-7,9,11-12,14,20H2,1-4H3/t21-,23+/m0/s1. The first-order valence-corrected chi connectivity index (χ1v) is 14.8. The van der Waals surface area contributed by atoms with E-state index in [1.807, 2.05) is 30.5 Å². The third kappa shape index (κ3) is 5.90. The molecule has 2 atom stereocenters. The Morgan fingerprint density at radius 2 is 2.05 bits per heavy atom. The van der Waals surface area contributed by atoms with Crippen LogP contribution in [0, 0.1) is 0 Å². The molecule has 1 aliphatic heterocycles. The number of aromatic nitrogens is 4. The largest absolute Gasteiger partial charge is 0.383 e. The van der Waals surface area contributed by atoms with Crippen LogP contribution in [0.25, 0.3) is 27.5 Å². The van der Waals surface area contributed by atoms with Gasteiger partial charge >= 0.3 is 0 Å². The first-order chi connectivity index (χ1) is 19.0. The van der Waals surface area contributed by atoms with E-state index in [0.717, 1.165) is 72.2 Å². The molecule has 0 spiro atoms. The normalized spacial score (nSPS) is 16.4. The molecule has 0 bridgehead atoms. The van der Waals surface area contributed by atoms with Gasteiger partial charge in [-0.1, -0.05) is 19.9 Å². The van der Waals surface area contributed by atoms with Crippen LogP contribution in [0.4, 0.5) is 5.82 Å². The lowest BCUT2D eigenvalue weighted by Gasteiger charge is -2.27. The van der Waals surface area contributed by atoms with Crippen molar-refractivity contribution in [3.05, 3.63) is 53.7 Å². The number of nitrogens with zero attached hydrogens (tertiary/aromatic N) is 6. The van der Waals surface area contributed by atoms with Crippen LogP contribution in [0.2, 0.25) is 0 Å². The van der Waals surface area contributed by atoms with Crippen molar-refractivity contribution >= 4 is 28.6 Å². The van der Waals surface area contributed by atoms with Gasteiger partial charge in [0.15, 0.2) is 11.4 Å². The van der Waals surface area contributed by atoms with E-state index >= 15 is 0 Å². The number of ether oxygens (including phenoxy) is 1. The fourth-order valence-corrected chi connectivity index (χ4v) is 6.29. The zero-order valence-electron chi connectivity index (χ0n) is 23.3. The van der Waals surface area contributed by atoms with Crippen molar-refractivity contribution in [1.82, 2.24) is 24.5 Å². The molecule has 0 radical (unpaired) electrons. The monoisotopic (exact) mass is 546 g/mol. The Bertz CT molecular complexity index is 1400. The summed E-state index contributed by atoms with van der Waals surface area (Å²) in [5, 5.41) is 6.61. The number of carbonyl (C=O) groups excluding carboxylic acids is 1. The molecule has 1 saturated heterocycles. The van der Waals surface area contributed by atoms with E-state index in [9.17, 15) is 4.79 Å². The third-order valence-corrected chi connectivity index (χ3v) is 8.70. The number of pyridine rings is 1. The molecular weight excluding hydrogens is 508 g/mol. The average Bonchev–Trinajstić information content (AvgIpc) is 3.73. The Kier molecular flexibility index (Phi) is 8.69. The van der Waals surface area contributed by atoms with Gasteiger partial charge in [-0.3, -0.25) is 4.79 Å². The molecule has 0 unspecified atom stereocenters. The van der Waals surface area contributed by atoms with Gasteiger partial charge in [0.25, 0.3) is 0 Å². The molecule has 206 valence electrons. The van der Waals surface area contributed by atoms with Crippen LogP contribution in [0.1, 0.15) is 56.8 Å². The van der Waals surface area contributed by atoms with Gasteiger partial charge in [0.2, 0.25) is 0 Å². The maximum Gasteiger partial charge on any atom is 0.165 e. The number of ketones is 1. The molecule has 4 aromatic rings. The second kappa shape index (κ2) is 12.4. The highest BCUT2D eigenvalue weighted by molar-refractivity contribution is 7.13. The van der Waals surface area contributed by atoms with Crippen molar-refractivity contribution in [2.45, 2.75) is 58.5 Å². The minimum atomic E-state index is 0.144. The molecule has 1 aliphatic rings. The zero-order valence-corrected chi connectivity index (χ0v) is 24.2. The summed E-state index contributed by atoms with van der Waals surface area (Å²) < 4.78 is 7.28. The molecule has 5 rings (SSSR count). The fourth-order valence-electron chi connectivity index (χ4n) is 5.59. The molecule has 0 amide bonds. The zero-order chi connectivity index (χ0) is 27.4. The first kappa shape index (κ1) is 27.4. The molecule has 0 aromatic carbocycles. The van der Waals surface area contributed by atoms with Crippen LogP contribution >= 0.6 is 11.3 Å². The SMILES string of the molecule is CCN(CC)[C@@H](C)CCC(=O)c1cc(-c2cnn3ccc(-c4cccs4)nc23)nc(N2CCC[C@@H]2COC)c1. The Morgan fingerprint density at radius 1 is 1.21 bits per heavy atom. The topological polar surface area (TPSA) is 75.9 Å². The number of methoxy groups -OCH3 is 1. The highest BCUT2D eigenvalue weighted by atomic mass is 32.1. The smallest absolute Gasteiger partial charge is 0.165 e. The highest BCUT2D eigenvalue weighted by Gasteiger charge is 2.27. The molecule has 39 heavy (non-hydrogen) atoms. The van der Waals surface area contributed by atoms with Gasteiger partial charge in [-0.05, 0) is 68.9 Å². The molecule has 1 fully saturated rings. The third-order valence-electron chi connectivity index (χ3n) is 7.81. The number of carbonyl (C=O) groups is 1. The quantitative estimate of drug-likeness (QED) is 0.207. The summed E-state index contributed by atoms with van der Waals surface area (Å²) >= 11 is 1.66. The van der Waals surface area contributed by atoms with Gasteiger partial charge in [-0.25, -0.2) is 14.5 Å². The van der Waals surface area contributed by atoms with Gasteiger partial charge in [-0.15, -0.1) is 11.3 Å². The Morgan fingerprint density at radius 3 is 2.79 bits per heavy atom. The lowest BCUT2D eigenvalue weighted by Crippen LogP contribution is -2.34. The Labute approximate surface area is 234 Å². The highest BCUT2D eigenvalue weighted by Crippen LogP contribution is 2.32. The van der Waals surface area contributed by atoms with Gasteiger partial charge in [0, 0.05) is 37.9 Å². The van der Waals surface area contributed by atoms with Crippen LogP contribution in [-0.2, 0) is 4.74 Å². The summed E-state index contributed by atoms with van der Waals surface area (Å²) in [6.45, 7) is 10.1. The second-order valence-electron chi connectivity index (χ2n) is 10.2. The molecule has 9 heteroatoms. The summed E-state index contributed by atoms with van der Waals surface area (Å²) in [5.41, 5.74) is 3.87. The molecule has 4 aromatic heterocycles. The van der Waals surface area contributed by atoms with E-state index in [2.05, 4.69) is 47.1 Å². The van der Waals surface area contributed by atoms with E-state index in [1.165, 1.54) is 0 Å². The lowest BCUT2D eigenvalue weighted by atomic mass is 10.0. The molecule has 5 heterocycles. The fraction of sp³-hybridized carbons (Fsp3) is 0.467. The minimum Gasteiger partial charge on any atom is -0.383 e. The summed E-state index contributed by atoms with van der Waals surface area (Å²) in [6.07, 6.45) is 7.18. The van der Waals surface area contributed by atoms with Crippen LogP contribution < -0.4 is 4.90 Å². The van der Waals surface area contributed by atoms with E-state index in [0.29, 0.717) is 24.6 Å². The van der Waals surface area contributed by atoms with E-state index in [-0.39, 0.29) is 11.8 Å². The minimum absolute atomic E-state index is 0.144. The van der Waals surface area contributed by atoms with Crippen molar-refractivity contribution in [3.8, 4) is 21.8 Å². The summed E-state index contributed by atoms with van der Waals surface area (Å²) in [6, 6.07) is 10.6. The first-order valence-electron chi connectivity index (χ1n) is 14.0. The van der Waals surface area contributed by atoms with Crippen LogP contribution in [0.5, 0.6) is 0 Å². The Hall–Kier alpha value is -3.14. The maximum absolute atomic E-state index is 13.6. The lowest BCUT2D eigenvalue weighted by molar-refractivity contribution is 0.0964. The molecule has 0 saturated carbocycles. The van der Waals surface area contributed by atoms with E-state index in [4.69, 9.17) is 14.7 Å². The predicted molar refractivity (Wildman–Crippen MR) is 158 cm³/mol. The second-order valence-corrected chi connectivity index (χ2v) is 11.1. The van der Waals surface area contributed by atoms with E-state index < -0.39 is 0 Å². The van der Waals surface area contributed by atoms with Crippen molar-refractivity contribution in [2.24, 2.45) is 0 Å². The predicted octanol–water partition coefficient (Wildman–Crippen LogP) is 5.83. The van der Waals surface area contributed by atoms with E-state index in [1.54, 1.807) is 29.2 Å². The van der Waals surface area contributed by atoms with Gasteiger partial charge in [0.1, 0.15) is 5.82 Å². The van der Waals surface area contributed by atoms with Crippen LogP contribution in [0.3, 0.4) is 0 Å². The maximum atomic E-state index is 13.6. The number of Topliss-reactive ketones (excluding diaryl/α,β-unsaturated/α-hetero) is 1. The molecule has 8 nitrogen and oxygen atoms in total. The van der Waals surface area contributed by atoms with Gasteiger partial charge < -0.3 is 14.5 Å². The number of hydrogen-bond acceptors (Lipinski definition) is 8. The summed E-state index contributed by atoms with van der Waals surface area (Å²) in [4.78, 5) is 29.4. The summed E-state index contributed by atoms with van der Waals surface area (Å²) in [5.74, 6) is 0.964. The Balaban J connectivity index is 1.53. The van der Waals surface area contributed by atoms with Crippen molar-refractivity contribution in [3.63, 3.8) is 0 Å². The van der Waals surface area contributed by atoms with Crippen molar-refractivity contribution in [2.75, 3.05) is 38.3 Å². The van der Waals surface area contributed by atoms with Crippen molar-refractivity contribution in [1.29, 1.82) is 0 Å². The van der Waals surface area contributed by atoms with Crippen LogP contribution in [-0.4, -0.2) is 75.7 Å². The number of thiophene rings is 1. The molecular formula is C30H38N6O2S. The number of rotatable bonds is 12. The number of anilines is 1. The van der Waals surface area contributed by atoms with Gasteiger partial charge in [-0.2, -0.15) is 5.10 Å². The summed E-state index contributed by atoms with van der Waals surface area (Å²) in [7, 11) is 1.74. The van der Waals surface area contributed by atoms with Crippen LogP contribution in [0.15, 0.2) is 48.1 Å². The van der Waals surface area contributed by atoms with Crippen molar-refractivity contribution < 1.29 is 9.53 Å². The number of hydrogen-bond donors (Lipinski definition) is 0. The molecule has 0 N–H and O–H groups in total. The average molecular weight is 547 g/mol.